The Morgan fingerprint density at radius 1 is 1.07 bits per heavy atom. The Bertz CT molecular complexity index is 1080. The average molecular weight is 372 g/mol. The van der Waals surface area contributed by atoms with E-state index in [0.717, 1.165) is 48.9 Å². The fourth-order valence-corrected chi connectivity index (χ4v) is 4.11. The lowest BCUT2D eigenvalue weighted by molar-refractivity contribution is 0.143. The van der Waals surface area contributed by atoms with Crippen LogP contribution in [0.2, 0.25) is 0 Å². The highest BCUT2D eigenvalue weighted by atomic mass is 15.3. The highest BCUT2D eigenvalue weighted by molar-refractivity contribution is 5.66. The first-order chi connectivity index (χ1) is 13.8. The van der Waals surface area contributed by atoms with E-state index in [1.807, 2.05) is 24.5 Å². The number of hydrogen-bond acceptors (Lipinski definition) is 4. The van der Waals surface area contributed by atoms with E-state index >= 15 is 0 Å². The van der Waals surface area contributed by atoms with Crippen molar-refractivity contribution >= 4 is 5.65 Å². The Morgan fingerprint density at radius 3 is 2.75 bits per heavy atom. The lowest BCUT2D eigenvalue weighted by Crippen LogP contribution is -2.46. The second kappa shape index (κ2) is 7.22. The molecule has 6 heteroatoms. The maximum Gasteiger partial charge on any atom is 0.137 e. The quantitative estimate of drug-likeness (QED) is 0.598. The number of pyridine rings is 1. The van der Waals surface area contributed by atoms with Gasteiger partial charge in [-0.3, -0.25) is 4.90 Å². The Hall–Kier alpha value is -2.96. The molecule has 0 aliphatic carbocycles. The van der Waals surface area contributed by atoms with E-state index in [-0.39, 0.29) is 6.04 Å². The average Bonchev–Trinajstić information content (AvgIpc) is 3.33. The van der Waals surface area contributed by atoms with E-state index in [1.54, 1.807) is 0 Å². The van der Waals surface area contributed by atoms with Crippen molar-refractivity contribution in [3.05, 3.63) is 78.6 Å². The number of piperazine rings is 1. The number of benzene rings is 1. The number of aryl methyl sites for hydroxylation is 1. The Balaban J connectivity index is 1.58. The molecular formula is C22H24N6. The third-order valence-corrected chi connectivity index (χ3v) is 5.54. The smallest absolute Gasteiger partial charge is 0.137 e. The lowest BCUT2D eigenvalue weighted by atomic mass is 10.1. The lowest BCUT2D eigenvalue weighted by Gasteiger charge is -2.35. The molecule has 1 aliphatic rings. The van der Waals surface area contributed by atoms with Crippen LogP contribution in [-0.4, -0.2) is 43.5 Å². The van der Waals surface area contributed by atoms with Gasteiger partial charge in [0, 0.05) is 57.4 Å². The fraction of sp³-hybridized carbons (Fsp3) is 0.273. The molecule has 4 heterocycles. The van der Waals surface area contributed by atoms with Crippen molar-refractivity contribution in [3.8, 4) is 11.3 Å². The van der Waals surface area contributed by atoms with Gasteiger partial charge in [-0.1, -0.05) is 36.4 Å². The van der Waals surface area contributed by atoms with E-state index in [9.17, 15) is 0 Å². The van der Waals surface area contributed by atoms with Crippen LogP contribution >= 0.6 is 0 Å². The van der Waals surface area contributed by atoms with Gasteiger partial charge in [0.1, 0.15) is 11.5 Å². The predicted octanol–water partition coefficient (Wildman–Crippen LogP) is 2.88. The van der Waals surface area contributed by atoms with Gasteiger partial charge in [0.2, 0.25) is 0 Å². The first kappa shape index (κ1) is 17.2. The number of rotatable bonds is 4. The summed E-state index contributed by atoms with van der Waals surface area (Å²) in [7, 11) is 2.07. The molecule has 1 N–H and O–H groups in total. The minimum Gasteiger partial charge on any atom is -0.337 e. The summed E-state index contributed by atoms with van der Waals surface area (Å²) in [6.07, 6.45) is 6.01. The number of fused-ring (bicyclic) bond motifs is 1. The van der Waals surface area contributed by atoms with Gasteiger partial charge in [0.05, 0.1) is 17.4 Å². The van der Waals surface area contributed by atoms with Gasteiger partial charge < -0.3 is 14.3 Å². The van der Waals surface area contributed by atoms with Crippen LogP contribution in [0.15, 0.2) is 67.1 Å². The van der Waals surface area contributed by atoms with Gasteiger partial charge in [-0.15, -0.1) is 0 Å². The molecule has 142 valence electrons. The molecule has 0 spiro atoms. The van der Waals surface area contributed by atoms with Crippen molar-refractivity contribution in [2.45, 2.75) is 12.6 Å². The van der Waals surface area contributed by atoms with Gasteiger partial charge in [0.25, 0.3) is 0 Å². The largest absolute Gasteiger partial charge is 0.337 e. The summed E-state index contributed by atoms with van der Waals surface area (Å²) in [4.78, 5) is 12.1. The van der Waals surface area contributed by atoms with Gasteiger partial charge in [-0.05, 0) is 12.1 Å². The Kier molecular flexibility index (Phi) is 4.43. The van der Waals surface area contributed by atoms with Crippen LogP contribution in [-0.2, 0) is 13.6 Å². The summed E-state index contributed by atoms with van der Waals surface area (Å²) in [5.41, 5.74) is 4.43. The van der Waals surface area contributed by atoms with Crippen LogP contribution in [0.1, 0.15) is 17.6 Å². The summed E-state index contributed by atoms with van der Waals surface area (Å²) in [6.45, 7) is 3.70. The van der Waals surface area contributed by atoms with Crippen LogP contribution in [0.4, 0.5) is 0 Å². The fourth-order valence-electron chi connectivity index (χ4n) is 4.11. The van der Waals surface area contributed by atoms with Crippen LogP contribution in [0, 0.1) is 0 Å². The van der Waals surface area contributed by atoms with Crippen molar-refractivity contribution in [3.63, 3.8) is 0 Å². The minimum atomic E-state index is 0.242. The number of nitrogens with zero attached hydrogens (tertiary/aromatic N) is 5. The minimum absolute atomic E-state index is 0.242. The molecule has 1 aromatic carbocycles. The molecular weight excluding hydrogens is 348 g/mol. The molecule has 1 fully saturated rings. The topological polar surface area (TPSA) is 50.4 Å². The van der Waals surface area contributed by atoms with Crippen LogP contribution in [0.25, 0.3) is 16.9 Å². The molecule has 1 aliphatic heterocycles. The van der Waals surface area contributed by atoms with Crippen molar-refractivity contribution < 1.29 is 0 Å². The van der Waals surface area contributed by atoms with E-state index in [1.165, 1.54) is 5.69 Å². The zero-order valence-electron chi connectivity index (χ0n) is 16.0. The normalized spacial score (nSPS) is 18.0. The summed E-state index contributed by atoms with van der Waals surface area (Å²) in [6, 6.07) is 16.9. The molecule has 1 saturated heterocycles. The van der Waals surface area contributed by atoms with E-state index in [0.29, 0.717) is 0 Å². The molecule has 0 amide bonds. The number of aromatic nitrogens is 4. The van der Waals surface area contributed by atoms with Crippen molar-refractivity contribution in [2.75, 3.05) is 19.6 Å². The SMILES string of the molecule is Cn1ccnc1C1CNCCN1Cc1c(-c2ccccc2)nc2ccccn12. The first-order valence-corrected chi connectivity index (χ1v) is 9.74. The Morgan fingerprint density at radius 2 is 1.93 bits per heavy atom. The van der Waals surface area contributed by atoms with Crippen LogP contribution in [0.3, 0.4) is 0 Å². The highest BCUT2D eigenvalue weighted by Crippen LogP contribution is 2.29. The predicted molar refractivity (Wildman–Crippen MR) is 110 cm³/mol. The molecule has 0 bridgehead atoms. The molecule has 4 aromatic rings. The molecule has 1 unspecified atom stereocenters. The van der Waals surface area contributed by atoms with Crippen molar-refractivity contribution in [2.24, 2.45) is 7.05 Å². The Labute approximate surface area is 164 Å². The number of imidazole rings is 2. The van der Waals surface area contributed by atoms with Crippen molar-refractivity contribution in [1.29, 1.82) is 0 Å². The zero-order chi connectivity index (χ0) is 18.9. The second-order valence-electron chi connectivity index (χ2n) is 7.29. The summed E-state index contributed by atoms with van der Waals surface area (Å²) in [5.74, 6) is 1.10. The molecule has 1 atom stereocenters. The van der Waals surface area contributed by atoms with E-state index in [4.69, 9.17) is 4.98 Å². The van der Waals surface area contributed by atoms with Crippen molar-refractivity contribution in [1.82, 2.24) is 29.2 Å². The molecule has 0 radical (unpaired) electrons. The molecule has 0 saturated carbocycles. The third-order valence-electron chi connectivity index (χ3n) is 5.54. The second-order valence-corrected chi connectivity index (χ2v) is 7.29. The maximum absolute atomic E-state index is 4.95. The summed E-state index contributed by atoms with van der Waals surface area (Å²) >= 11 is 0. The third kappa shape index (κ3) is 3.00. The van der Waals surface area contributed by atoms with Gasteiger partial charge in [-0.25, -0.2) is 9.97 Å². The van der Waals surface area contributed by atoms with Gasteiger partial charge in [-0.2, -0.15) is 0 Å². The number of nitrogens with one attached hydrogen (secondary N) is 1. The highest BCUT2D eigenvalue weighted by Gasteiger charge is 2.28. The molecule has 3 aromatic heterocycles. The van der Waals surface area contributed by atoms with Gasteiger partial charge >= 0.3 is 0 Å². The maximum atomic E-state index is 4.95. The molecule has 5 rings (SSSR count). The van der Waals surface area contributed by atoms with E-state index < -0.39 is 0 Å². The zero-order valence-corrected chi connectivity index (χ0v) is 16.0. The van der Waals surface area contributed by atoms with Gasteiger partial charge in [0.15, 0.2) is 0 Å². The number of hydrogen-bond donors (Lipinski definition) is 1. The monoisotopic (exact) mass is 372 g/mol. The van der Waals surface area contributed by atoms with Crippen LogP contribution in [0.5, 0.6) is 0 Å². The van der Waals surface area contributed by atoms with E-state index in [2.05, 4.69) is 73.8 Å². The first-order valence-electron chi connectivity index (χ1n) is 9.74. The molecule has 28 heavy (non-hydrogen) atoms. The summed E-state index contributed by atoms with van der Waals surface area (Å²) < 4.78 is 4.34. The standard InChI is InChI=1S/C22H24N6/c1-26-13-11-24-22(26)18-15-23-10-14-27(18)16-19-21(17-7-3-2-4-8-17)25-20-9-5-6-12-28(19)20/h2-9,11-13,18,23H,10,14-16H2,1H3. The molecule has 6 nitrogen and oxygen atoms in total. The summed E-state index contributed by atoms with van der Waals surface area (Å²) in [5, 5.41) is 3.53. The van der Waals surface area contributed by atoms with Crippen LogP contribution < -0.4 is 5.32 Å².